The lowest BCUT2D eigenvalue weighted by molar-refractivity contribution is -0.142. The van der Waals surface area contributed by atoms with Gasteiger partial charge in [0.15, 0.2) is 0 Å². The van der Waals surface area contributed by atoms with Crippen LogP contribution in [0.15, 0.2) is 62.4 Å². The van der Waals surface area contributed by atoms with Gasteiger partial charge in [0.25, 0.3) is 0 Å². The first kappa shape index (κ1) is 25.5. The first-order valence-corrected chi connectivity index (χ1v) is 11.8. The number of nitrogens with one attached hydrogen (secondary N) is 2. The van der Waals surface area contributed by atoms with Crippen LogP contribution in [0.4, 0.5) is 4.79 Å². The van der Waals surface area contributed by atoms with Crippen molar-refractivity contribution in [3.63, 3.8) is 0 Å². The number of carboxylic acids is 1. The highest BCUT2D eigenvalue weighted by atomic mass is 16.4. The lowest BCUT2D eigenvalue weighted by Crippen LogP contribution is -2.41. The van der Waals surface area contributed by atoms with Crippen molar-refractivity contribution in [2.75, 3.05) is 6.54 Å². The normalized spacial score (nSPS) is 11.9. The smallest absolute Gasteiger partial charge is 0.339 e. The summed E-state index contributed by atoms with van der Waals surface area (Å²) in [5.74, 6) is -1.70. The fraction of sp³-hybridized carbons (Fsp3) is 0.259. The van der Waals surface area contributed by atoms with Gasteiger partial charge in [0.2, 0.25) is 5.91 Å². The number of benzene rings is 2. The Hall–Kier alpha value is -4.60. The second-order valence-electron chi connectivity index (χ2n) is 8.74. The maximum Gasteiger partial charge on any atom is 0.339 e. The molecule has 0 bridgehead atoms. The number of carbonyl (C=O) groups excluding carboxylic acids is 2. The number of primary amides is 1. The van der Waals surface area contributed by atoms with Crippen molar-refractivity contribution in [3.8, 4) is 11.1 Å². The molecule has 0 spiro atoms. The van der Waals surface area contributed by atoms with E-state index in [2.05, 4.69) is 10.6 Å². The van der Waals surface area contributed by atoms with Crippen LogP contribution in [0.25, 0.3) is 33.1 Å². The van der Waals surface area contributed by atoms with Crippen molar-refractivity contribution in [2.24, 2.45) is 5.73 Å². The minimum Gasteiger partial charge on any atom is -0.480 e. The van der Waals surface area contributed by atoms with Gasteiger partial charge in [0.05, 0.1) is 6.26 Å². The molecule has 192 valence electrons. The number of amides is 3. The van der Waals surface area contributed by atoms with Crippen molar-refractivity contribution >= 4 is 39.8 Å². The summed E-state index contributed by atoms with van der Waals surface area (Å²) in [7, 11) is 0. The van der Waals surface area contributed by atoms with E-state index in [1.54, 1.807) is 19.3 Å². The number of hydrogen-bond acceptors (Lipinski definition) is 6. The molecule has 0 aliphatic heterocycles. The Morgan fingerprint density at radius 3 is 2.54 bits per heavy atom. The SMILES string of the molecule is Cc1c(CCC(=O)NC(CCCNC(N)=O)C(=O)O)c(=O)oc2cc3occ(-c4ccccc4)c3cc12. The summed E-state index contributed by atoms with van der Waals surface area (Å²) in [5, 5.41) is 15.8. The number of hydrogen-bond donors (Lipinski definition) is 4. The lowest BCUT2D eigenvalue weighted by atomic mass is 9.99. The molecular formula is C27H27N3O7. The fourth-order valence-electron chi connectivity index (χ4n) is 4.32. The highest BCUT2D eigenvalue weighted by molar-refractivity contribution is 6.02. The summed E-state index contributed by atoms with van der Waals surface area (Å²) in [4.78, 5) is 47.5. The summed E-state index contributed by atoms with van der Waals surface area (Å²) in [6.45, 7) is 1.99. The van der Waals surface area contributed by atoms with E-state index in [4.69, 9.17) is 14.6 Å². The molecule has 0 saturated heterocycles. The minimum absolute atomic E-state index is 0.0838. The van der Waals surface area contributed by atoms with Crippen molar-refractivity contribution in [1.29, 1.82) is 0 Å². The average Bonchev–Trinajstić information content (AvgIpc) is 3.27. The topological polar surface area (TPSA) is 165 Å². The molecule has 0 aliphatic rings. The van der Waals surface area contributed by atoms with Crippen LogP contribution in [0.3, 0.4) is 0 Å². The first-order chi connectivity index (χ1) is 17.7. The van der Waals surface area contributed by atoms with Gasteiger partial charge in [-0.1, -0.05) is 30.3 Å². The minimum atomic E-state index is -1.19. The van der Waals surface area contributed by atoms with Crippen molar-refractivity contribution in [2.45, 2.75) is 38.6 Å². The third-order valence-electron chi connectivity index (χ3n) is 6.27. The van der Waals surface area contributed by atoms with Gasteiger partial charge in [-0.2, -0.15) is 0 Å². The molecule has 0 radical (unpaired) electrons. The Labute approximate surface area is 211 Å². The monoisotopic (exact) mass is 505 g/mol. The molecule has 2 aromatic heterocycles. The zero-order valence-electron chi connectivity index (χ0n) is 20.2. The van der Waals surface area contributed by atoms with Crippen molar-refractivity contribution < 1.29 is 28.3 Å². The number of urea groups is 1. The van der Waals surface area contributed by atoms with Crippen LogP contribution in [-0.4, -0.2) is 35.6 Å². The maximum atomic E-state index is 12.7. The highest BCUT2D eigenvalue weighted by Gasteiger charge is 2.21. The van der Waals surface area contributed by atoms with E-state index in [0.29, 0.717) is 28.7 Å². The van der Waals surface area contributed by atoms with Crippen LogP contribution in [0.2, 0.25) is 0 Å². The maximum absolute atomic E-state index is 12.7. The van der Waals surface area contributed by atoms with Gasteiger partial charge in [0, 0.05) is 40.9 Å². The molecule has 2 heterocycles. The van der Waals surface area contributed by atoms with E-state index >= 15 is 0 Å². The summed E-state index contributed by atoms with van der Waals surface area (Å²) in [6.07, 6.45) is 2.09. The second kappa shape index (κ2) is 11.0. The second-order valence-corrected chi connectivity index (χ2v) is 8.74. The largest absolute Gasteiger partial charge is 0.480 e. The standard InChI is InChI=1S/C27H27N3O7/c1-15-17(9-10-24(31)30-21(25(32)33)8-5-11-29-27(28)35)26(34)37-23-13-22-19(12-18(15)23)20(14-36-22)16-6-3-2-4-7-16/h2-4,6-7,12-14,21H,5,8-11H2,1H3,(H,30,31)(H,32,33)(H3,28,29,35). The van der Waals surface area contributed by atoms with Gasteiger partial charge in [-0.3, -0.25) is 4.79 Å². The lowest BCUT2D eigenvalue weighted by Gasteiger charge is -2.15. The zero-order valence-corrected chi connectivity index (χ0v) is 20.2. The Morgan fingerprint density at radius 1 is 1.08 bits per heavy atom. The van der Waals surface area contributed by atoms with Crippen molar-refractivity contribution in [1.82, 2.24) is 10.6 Å². The van der Waals surface area contributed by atoms with E-state index in [9.17, 15) is 24.3 Å². The van der Waals surface area contributed by atoms with Gasteiger partial charge in [-0.15, -0.1) is 0 Å². The third kappa shape index (κ3) is 5.80. The number of nitrogens with two attached hydrogens (primary N) is 1. The van der Waals surface area contributed by atoms with Gasteiger partial charge in [-0.05, 0) is 43.4 Å². The number of carboxylic acid groups (broad SMARTS) is 1. The van der Waals surface area contributed by atoms with Gasteiger partial charge in [0.1, 0.15) is 17.2 Å². The van der Waals surface area contributed by atoms with Crippen molar-refractivity contribution in [3.05, 3.63) is 70.3 Å². The van der Waals surface area contributed by atoms with Gasteiger partial charge < -0.3 is 30.3 Å². The average molecular weight is 506 g/mol. The van der Waals surface area contributed by atoms with E-state index in [-0.39, 0.29) is 25.8 Å². The van der Waals surface area contributed by atoms with E-state index in [0.717, 1.165) is 21.9 Å². The molecule has 1 unspecified atom stereocenters. The van der Waals surface area contributed by atoms with Gasteiger partial charge in [-0.25, -0.2) is 14.4 Å². The summed E-state index contributed by atoms with van der Waals surface area (Å²) in [5.41, 5.74) is 8.34. The number of aliphatic carboxylic acids is 1. The molecule has 3 amide bonds. The predicted molar refractivity (Wildman–Crippen MR) is 137 cm³/mol. The number of furan rings is 1. The van der Waals surface area contributed by atoms with Crippen LogP contribution in [0, 0.1) is 6.92 Å². The molecule has 2 aromatic carbocycles. The van der Waals surface area contributed by atoms with Crippen LogP contribution >= 0.6 is 0 Å². The molecular weight excluding hydrogens is 478 g/mol. The molecule has 10 heteroatoms. The molecule has 0 saturated carbocycles. The molecule has 4 aromatic rings. The summed E-state index contributed by atoms with van der Waals surface area (Å²) < 4.78 is 11.3. The molecule has 0 aliphatic carbocycles. The highest BCUT2D eigenvalue weighted by Crippen LogP contribution is 2.34. The van der Waals surface area contributed by atoms with E-state index in [1.165, 1.54) is 0 Å². The number of carbonyl (C=O) groups is 3. The quantitative estimate of drug-likeness (QED) is 0.189. The zero-order chi connectivity index (χ0) is 26.5. The van der Waals surface area contributed by atoms with Crippen LogP contribution in [-0.2, 0) is 16.0 Å². The molecule has 10 nitrogen and oxygen atoms in total. The molecule has 0 fully saturated rings. The number of fused-ring (bicyclic) bond motifs is 2. The Bertz CT molecular complexity index is 1520. The number of aryl methyl sites for hydroxylation is 1. The third-order valence-corrected chi connectivity index (χ3v) is 6.27. The molecule has 5 N–H and O–H groups in total. The molecule has 37 heavy (non-hydrogen) atoms. The Balaban J connectivity index is 1.52. The van der Waals surface area contributed by atoms with Crippen LogP contribution in [0.5, 0.6) is 0 Å². The Morgan fingerprint density at radius 2 is 1.84 bits per heavy atom. The van der Waals surface area contributed by atoms with Gasteiger partial charge >= 0.3 is 17.6 Å². The fourth-order valence-corrected chi connectivity index (χ4v) is 4.32. The number of rotatable bonds is 10. The molecule has 4 rings (SSSR count). The summed E-state index contributed by atoms with van der Waals surface area (Å²) in [6, 6.07) is 11.6. The summed E-state index contributed by atoms with van der Waals surface area (Å²) >= 11 is 0. The van der Waals surface area contributed by atoms with E-state index in [1.807, 2.05) is 36.4 Å². The first-order valence-electron chi connectivity index (χ1n) is 11.8. The van der Waals surface area contributed by atoms with Crippen LogP contribution in [0.1, 0.15) is 30.4 Å². The van der Waals surface area contributed by atoms with Crippen LogP contribution < -0.4 is 22.0 Å². The van der Waals surface area contributed by atoms with E-state index < -0.39 is 29.6 Å². The predicted octanol–water partition coefficient (Wildman–Crippen LogP) is 3.47. The molecule has 1 atom stereocenters. The Kier molecular flexibility index (Phi) is 7.57.